The molecule has 1 aliphatic heterocycles. The average molecular weight is 545 g/mol. The number of thiophene rings is 1. The number of carboxylic acid groups (broad SMARTS) is 1. The van der Waals surface area contributed by atoms with Gasteiger partial charge in [-0.25, -0.2) is 9.78 Å². The number of alkyl halides is 3. The molecule has 1 aromatic carbocycles. The molecule has 3 aromatic heterocycles. The Labute approximate surface area is 218 Å². The number of H-pyrrole nitrogens is 1. The summed E-state index contributed by atoms with van der Waals surface area (Å²) in [6.07, 6.45) is 0.180. The van der Waals surface area contributed by atoms with Gasteiger partial charge in [-0.05, 0) is 60.0 Å². The van der Waals surface area contributed by atoms with Gasteiger partial charge in [0.1, 0.15) is 5.82 Å². The maximum Gasteiger partial charge on any atom is 0.490 e. The van der Waals surface area contributed by atoms with Crippen LogP contribution in [0.3, 0.4) is 0 Å². The highest BCUT2D eigenvalue weighted by atomic mass is 32.1. The van der Waals surface area contributed by atoms with Crippen LogP contribution >= 0.6 is 11.3 Å². The SMILES string of the molecule is Nc1nccc2ccc(C3CCN(C(=O)c4ccc(-c5ccc(=O)[nH]c5)s4)CC3)cc12.O=C(O)C(F)(F)F. The highest BCUT2D eigenvalue weighted by Gasteiger charge is 2.38. The number of nitrogens with two attached hydrogens (primary N) is 1. The number of nitrogens with one attached hydrogen (secondary N) is 1. The summed E-state index contributed by atoms with van der Waals surface area (Å²) in [5.74, 6) is -1.71. The second kappa shape index (κ2) is 11.1. The van der Waals surface area contributed by atoms with Crippen LogP contribution < -0.4 is 11.3 Å². The van der Waals surface area contributed by atoms with Crippen molar-refractivity contribution in [1.82, 2.24) is 14.9 Å². The van der Waals surface area contributed by atoms with Gasteiger partial charge >= 0.3 is 12.1 Å². The lowest BCUT2D eigenvalue weighted by atomic mass is 9.88. The van der Waals surface area contributed by atoms with E-state index in [0.29, 0.717) is 11.7 Å². The van der Waals surface area contributed by atoms with E-state index in [2.05, 4.69) is 28.2 Å². The molecule has 0 bridgehead atoms. The summed E-state index contributed by atoms with van der Waals surface area (Å²) in [6.45, 7) is 1.46. The maximum atomic E-state index is 13.0. The number of nitrogen functional groups attached to an aromatic ring is 1. The van der Waals surface area contributed by atoms with Crippen LogP contribution in [0, 0.1) is 0 Å². The van der Waals surface area contributed by atoms with Crippen molar-refractivity contribution < 1.29 is 27.9 Å². The summed E-state index contributed by atoms with van der Waals surface area (Å²) >= 11 is 1.46. The quantitative estimate of drug-likeness (QED) is 0.337. The van der Waals surface area contributed by atoms with Gasteiger partial charge in [0, 0.05) is 47.4 Å². The molecule has 4 aromatic rings. The van der Waals surface area contributed by atoms with E-state index in [1.165, 1.54) is 23.0 Å². The molecule has 4 N–H and O–H groups in total. The van der Waals surface area contributed by atoms with E-state index >= 15 is 0 Å². The Morgan fingerprint density at radius 3 is 2.42 bits per heavy atom. The molecule has 5 rings (SSSR count). The number of aliphatic carboxylic acids is 1. The minimum absolute atomic E-state index is 0.0751. The monoisotopic (exact) mass is 544 g/mol. The molecule has 1 fully saturated rings. The number of fused-ring (bicyclic) bond motifs is 1. The Bertz CT molecular complexity index is 1500. The second-order valence-corrected chi connectivity index (χ2v) is 9.74. The number of likely N-dealkylation sites (tertiary alicyclic amines) is 1. The molecule has 0 aliphatic carbocycles. The molecule has 0 radical (unpaired) electrons. The van der Waals surface area contributed by atoms with Crippen LogP contribution in [-0.2, 0) is 4.79 Å². The number of benzene rings is 1. The Kier molecular flexibility index (Phi) is 7.81. The van der Waals surface area contributed by atoms with Gasteiger partial charge < -0.3 is 20.7 Å². The van der Waals surface area contributed by atoms with Crippen LogP contribution in [0.25, 0.3) is 21.2 Å². The van der Waals surface area contributed by atoms with Crippen LogP contribution in [0.15, 0.2) is 65.7 Å². The second-order valence-electron chi connectivity index (χ2n) is 8.65. The van der Waals surface area contributed by atoms with Crippen molar-refractivity contribution >= 4 is 39.8 Å². The lowest BCUT2D eigenvalue weighted by Gasteiger charge is -2.32. The number of hydrogen-bond acceptors (Lipinski definition) is 6. The largest absolute Gasteiger partial charge is 0.490 e. The van der Waals surface area contributed by atoms with Crippen LogP contribution in [0.5, 0.6) is 0 Å². The number of piperidine rings is 1. The van der Waals surface area contributed by atoms with Gasteiger partial charge in [0.25, 0.3) is 5.91 Å². The van der Waals surface area contributed by atoms with E-state index in [-0.39, 0.29) is 11.5 Å². The number of carbonyl (C=O) groups excluding carboxylic acids is 1. The van der Waals surface area contributed by atoms with Crippen molar-refractivity contribution in [2.75, 3.05) is 18.8 Å². The molecule has 38 heavy (non-hydrogen) atoms. The first-order chi connectivity index (χ1) is 18.0. The lowest BCUT2D eigenvalue weighted by Crippen LogP contribution is -2.37. The molecule has 198 valence electrons. The van der Waals surface area contributed by atoms with Crippen molar-refractivity contribution in [1.29, 1.82) is 0 Å². The topological polar surface area (TPSA) is 129 Å². The third-order valence-electron chi connectivity index (χ3n) is 6.20. The summed E-state index contributed by atoms with van der Waals surface area (Å²) in [7, 11) is 0. The Balaban J connectivity index is 0.000000426. The molecular weight excluding hydrogens is 521 g/mol. The van der Waals surface area contributed by atoms with Gasteiger partial charge in [-0.1, -0.05) is 12.1 Å². The third kappa shape index (κ3) is 6.20. The first-order valence-electron chi connectivity index (χ1n) is 11.6. The van der Waals surface area contributed by atoms with Gasteiger partial charge in [0.15, 0.2) is 0 Å². The molecule has 4 heterocycles. The van der Waals surface area contributed by atoms with E-state index in [4.69, 9.17) is 15.6 Å². The molecular formula is C26H23F3N4O4S. The Hall–Kier alpha value is -4.19. The number of amides is 1. The number of halogens is 3. The molecule has 0 atom stereocenters. The van der Waals surface area contributed by atoms with E-state index in [1.807, 2.05) is 23.1 Å². The predicted molar refractivity (Wildman–Crippen MR) is 138 cm³/mol. The Morgan fingerprint density at radius 2 is 1.79 bits per heavy atom. The zero-order valence-electron chi connectivity index (χ0n) is 19.9. The number of carbonyl (C=O) groups is 2. The molecule has 0 saturated carbocycles. The number of aromatic nitrogens is 2. The number of rotatable bonds is 3. The van der Waals surface area contributed by atoms with Crippen molar-refractivity contribution in [3.8, 4) is 10.4 Å². The summed E-state index contributed by atoms with van der Waals surface area (Å²) in [6, 6.07) is 15.5. The van der Waals surface area contributed by atoms with Crippen molar-refractivity contribution in [2.24, 2.45) is 0 Å². The van der Waals surface area contributed by atoms with E-state index < -0.39 is 12.1 Å². The fourth-order valence-corrected chi connectivity index (χ4v) is 5.18. The minimum atomic E-state index is -5.08. The standard InChI is InChI=1S/C24H22N4O2S.C2HF3O2/c25-23-19-13-17(2-1-16(19)7-10-26-23)15-8-11-28(12-9-15)24(30)21-5-4-20(31-21)18-3-6-22(29)27-14-18;3-2(4,5)1(6)7/h1-7,10,13-15H,8-9,11-12H2,(H2,25,26)(H,27,29);(H,6,7). The maximum absolute atomic E-state index is 13.0. The molecule has 0 unspecified atom stereocenters. The fraction of sp³-hybridized carbons (Fsp3) is 0.231. The first kappa shape index (κ1) is 26.9. The average Bonchev–Trinajstić information content (AvgIpc) is 3.39. The van der Waals surface area contributed by atoms with Gasteiger partial charge in [0.2, 0.25) is 5.56 Å². The minimum Gasteiger partial charge on any atom is -0.475 e. The molecule has 1 amide bonds. The number of hydrogen-bond donors (Lipinski definition) is 3. The summed E-state index contributed by atoms with van der Waals surface area (Å²) in [4.78, 5) is 43.7. The first-order valence-corrected chi connectivity index (χ1v) is 12.4. The van der Waals surface area contributed by atoms with Crippen LogP contribution in [0.2, 0.25) is 0 Å². The number of nitrogens with zero attached hydrogens (tertiary/aromatic N) is 2. The summed E-state index contributed by atoms with van der Waals surface area (Å²) in [5, 5.41) is 9.21. The molecule has 8 nitrogen and oxygen atoms in total. The zero-order valence-corrected chi connectivity index (χ0v) is 20.7. The number of carboxylic acids is 1. The normalized spacial score (nSPS) is 14.1. The smallest absolute Gasteiger partial charge is 0.475 e. The molecule has 0 spiro atoms. The number of anilines is 1. The predicted octanol–water partition coefficient (Wildman–Crippen LogP) is 4.89. The molecule has 1 aliphatic rings. The van der Waals surface area contributed by atoms with E-state index in [0.717, 1.165) is 52.0 Å². The van der Waals surface area contributed by atoms with E-state index in [1.54, 1.807) is 18.5 Å². The van der Waals surface area contributed by atoms with Crippen molar-refractivity contribution in [3.05, 3.63) is 81.7 Å². The highest BCUT2D eigenvalue weighted by molar-refractivity contribution is 7.17. The van der Waals surface area contributed by atoms with Crippen LogP contribution in [0.1, 0.15) is 34.0 Å². The van der Waals surface area contributed by atoms with Gasteiger partial charge in [-0.3, -0.25) is 9.59 Å². The van der Waals surface area contributed by atoms with Crippen LogP contribution in [0.4, 0.5) is 19.0 Å². The Morgan fingerprint density at radius 1 is 1.08 bits per heavy atom. The molecule has 12 heteroatoms. The molecule has 1 saturated heterocycles. The van der Waals surface area contributed by atoms with Crippen molar-refractivity contribution in [3.63, 3.8) is 0 Å². The summed E-state index contributed by atoms with van der Waals surface area (Å²) in [5.41, 5.74) is 8.09. The lowest BCUT2D eigenvalue weighted by molar-refractivity contribution is -0.192. The number of aromatic amines is 1. The fourth-order valence-electron chi connectivity index (χ4n) is 4.21. The highest BCUT2D eigenvalue weighted by Crippen LogP contribution is 2.33. The summed E-state index contributed by atoms with van der Waals surface area (Å²) < 4.78 is 31.7. The van der Waals surface area contributed by atoms with Gasteiger partial charge in [-0.2, -0.15) is 13.2 Å². The van der Waals surface area contributed by atoms with Gasteiger partial charge in [-0.15, -0.1) is 11.3 Å². The van der Waals surface area contributed by atoms with Crippen molar-refractivity contribution in [2.45, 2.75) is 24.9 Å². The van der Waals surface area contributed by atoms with Gasteiger partial charge in [0.05, 0.1) is 4.88 Å². The number of pyridine rings is 2. The zero-order chi connectivity index (χ0) is 27.4. The van der Waals surface area contributed by atoms with Crippen LogP contribution in [-0.4, -0.2) is 51.1 Å². The third-order valence-corrected chi connectivity index (χ3v) is 7.32. The van der Waals surface area contributed by atoms with E-state index in [9.17, 15) is 22.8 Å².